The van der Waals surface area contributed by atoms with Crippen molar-refractivity contribution in [1.29, 1.82) is 0 Å². The van der Waals surface area contributed by atoms with E-state index in [0.29, 0.717) is 6.54 Å². The summed E-state index contributed by atoms with van der Waals surface area (Å²) in [5.41, 5.74) is 0.749. The lowest BCUT2D eigenvalue weighted by Gasteiger charge is -2.02. The number of carbonyl (C=O) groups excluding carboxylic acids is 1. The number of carbonyl (C=O) groups is 1. The zero-order valence-electron chi connectivity index (χ0n) is 6.48. The van der Waals surface area contributed by atoms with Crippen LogP contribution in [-0.2, 0) is 6.54 Å². The summed E-state index contributed by atoms with van der Waals surface area (Å²) in [5, 5.41) is 2.56. The van der Waals surface area contributed by atoms with Gasteiger partial charge >= 0.3 is 0 Å². The van der Waals surface area contributed by atoms with Crippen molar-refractivity contribution in [2.75, 3.05) is 0 Å². The van der Waals surface area contributed by atoms with E-state index in [9.17, 15) is 9.18 Å². The summed E-state index contributed by atoms with van der Waals surface area (Å²) in [5.74, 6) is -0.462. The van der Waals surface area contributed by atoms with Crippen LogP contribution in [0.2, 0.25) is 5.02 Å². The highest BCUT2D eigenvalue weighted by atomic mass is 79.9. The van der Waals surface area contributed by atoms with Crippen LogP contribution >= 0.6 is 27.5 Å². The Hall–Kier alpha value is -0.610. The molecule has 0 aliphatic heterocycles. The van der Waals surface area contributed by atoms with Gasteiger partial charge in [-0.3, -0.25) is 4.79 Å². The first-order chi connectivity index (χ1) is 6.09. The van der Waals surface area contributed by atoms with Crippen molar-refractivity contribution in [1.82, 2.24) is 5.32 Å². The van der Waals surface area contributed by atoms with Gasteiger partial charge in [0.1, 0.15) is 5.82 Å². The first-order valence-electron chi connectivity index (χ1n) is 3.47. The van der Waals surface area contributed by atoms with E-state index in [0.717, 1.165) is 5.56 Å². The Balaban J connectivity index is 2.68. The Morgan fingerprint density at radius 3 is 2.85 bits per heavy atom. The van der Waals surface area contributed by atoms with Gasteiger partial charge in [-0.2, -0.15) is 0 Å². The maximum absolute atomic E-state index is 12.7. The molecule has 0 saturated heterocycles. The van der Waals surface area contributed by atoms with Gasteiger partial charge in [0.2, 0.25) is 0 Å². The van der Waals surface area contributed by atoms with Crippen molar-refractivity contribution < 1.29 is 9.18 Å². The third kappa shape index (κ3) is 3.32. The minimum Gasteiger partial charge on any atom is -0.343 e. The Morgan fingerprint density at radius 1 is 1.62 bits per heavy atom. The molecule has 0 aromatic heterocycles. The SMILES string of the molecule is O=C(Br)NCc1ccc(F)c(Cl)c1. The van der Waals surface area contributed by atoms with Crippen LogP contribution in [0.5, 0.6) is 0 Å². The van der Waals surface area contributed by atoms with Gasteiger partial charge in [-0.15, -0.1) is 0 Å². The van der Waals surface area contributed by atoms with Gasteiger partial charge in [0.05, 0.1) is 5.02 Å². The first-order valence-corrected chi connectivity index (χ1v) is 4.64. The van der Waals surface area contributed by atoms with Crippen LogP contribution in [0.1, 0.15) is 5.56 Å². The molecule has 0 bridgehead atoms. The Labute approximate surface area is 88.2 Å². The maximum Gasteiger partial charge on any atom is 0.287 e. The number of hydrogen-bond donors (Lipinski definition) is 1. The predicted molar refractivity (Wildman–Crippen MR) is 52.6 cm³/mol. The molecule has 1 aromatic carbocycles. The summed E-state index contributed by atoms with van der Waals surface area (Å²) in [4.78, 5) is 10.2. The normalized spacial score (nSPS) is 9.77. The Kier molecular flexibility index (Phi) is 3.69. The van der Waals surface area contributed by atoms with Crippen molar-refractivity contribution in [3.63, 3.8) is 0 Å². The van der Waals surface area contributed by atoms with Crippen LogP contribution in [0.4, 0.5) is 9.18 Å². The molecule has 5 heteroatoms. The van der Waals surface area contributed by atoms with E-state index < -0.39 is 5.82 Å². The second kappa shape index (κ2) is 4.58. The van der Waals surface area contributed by atoms with E-state index in [2.05, 4.69) is 21.2 Å². The van der Waals surface area contributed by atoms with Crippen molar-refractivity contribution in [3.8, 4) is 0 Å². The minimum atomic E-state index is -0.462. The fourth-order valence-electron chi connectivity index (χ4n) is 0.821. The standard InChI is InChI=1S/C8H6BrClFNO/c9-8(13)12-4-5-1-2-7(11)6(10)3-5/h1-3H,4H2,(H,12,13). The zero-order valence-corrected chi connectivity index (χ0v) is 8.82. The molecule has 0 unspecified atom stereocenters. The van der Waals surface area contributed by atoms with Gasteiger partial charge in [0, 0.05) is 22.5 Å². The molecule has 0 atom stereocenters. The molecule has 0 saturated carbocycles. The van der Waals surface area contributed by atoms with Gasteiger partial charge in [0.25, 0.3) is 4.82 Å². The van der Waals surface area contributed by atoms with E-state index in [4.69, 9.17) is 11.6 Å². The Morgan fingerprint density at radius 2 is 2.31 bits per heavy atom. The summed E-state index contributed by atoms with van der Waals surface area (Å²) in [7, 11) is 0. The van der Waals surface area contributed by atoms with Gasteiger partial charge in [-0.25, -0.2) is 4.39 Å². The predicted octanol–water partition coefficient (Wildman–Crippen LogP) is 3.08. The molecule has 1 rings (SSSR count). The summed E-state index contributed by atoms with van der Waals surface area (Å²) in [6, 6.07) is 4.29. The summed E-state index contributed by atoms with van der Waals surface area (Å²) < 4.78 is 12.7. The number of amides is 1. The molecule has 0 aliphatic carbocycles. The molecular formula is C8H6BrClFNO. The second-order valence-electron chi connectivity index (χ2n) is 2.38. The van der Waals surface area contributed by atoms with E-state index in [1.165, 1.54) is 12.1 Å². The lowest BCUT2D eigenvalue weighted by Crippen LogP contribution is -2.14. The van der Waals surface area contributed by atoms with Gasteiger partial charge in [0.15, 0.2) is 0 Å². The van der Waals surface area contributed by atoms with E-state index in [1.54, 1.807) is 6.07 Å². The second-order valence-corrected chi connectivity index (χ2v) is 3.50. The largest absolute Gasteiger partial charge is 0.343 e. The molecule has 1 aromatic rings. The van der Waals surface area contributed by atoms with Gasteiger partial charge in [-0.1, -0.05) is 17.7 Å². The van der Waals surface area contributed by atoms with Crippen molar-refractivity contribution in [2.45, 2.75) is 6.54 Å². The maximum atomic E-state index is 12.7. The lowest BCUT2D eigenvalue weighted by atomic mass is 10.2. The van der Waals surface area contributed by atoms with E-state index >= 15 is 0 Å². The highest BCUT2D eigenvalue weighted by Crippen LogP contribution is 2.15. The molecule has 0 spiro atoms. The molecule has 2 nitrogen and oxygen atoms in total. The molecule has 0 radical (unpaired) electrons. The van der Waals surface area contributed by atoms with Crippen molar-refractivity contribution in [2.24, 2.45) is 0 Å². The highest BCUT2D eigenvalue weighted by Gasteiger charge is 2.01. The topological polar surface area (TPSA) is 29.1 Å². The zero-order chi connectivity index (χ0) is 9.84. The molecule has 1 N–H and O–H groups in total. The molecule has 0 heterocycles. The molecular weight excluding hydrogens is 260 g/mol. The van der Waals surface area contributed by atoms with Crippen LogP contribution < -0.4 is 5.32 Å². The average Bonchev–Trinajstić information content (AvgIpc) is 2.07. The van der Waals surface area contributed by atoms with Gasteiger partial charge < -0.3 is 5.32 Å². The van der Waals surface area contributed by atoms with Crippen LogP contribution in [-0.4, -0.2) is 4.82 Å². The number of halogens is 3. The molecule has 0 aliphatic rings. The number of hydrogen-bond acceptors (Lipinski definition) is 1. The third-order valence-corrected chi connectivity index (χ3v) is 1.99. The quantitative estimate of drug-likeness (QED) is 0.647. The fourth-order valence-corrected chi connectivity index (χ4v) is 1.16. The van der Waals surface area contributed by atoms with Crippen molar-refractivity contribution >= 4 is 32.3 Å². The number of benzene rings is 1. The molecule has 0 fully saturated rings. The lowest BCUT2D eigenvalue weighted by molar-refractivity contribution is 0.261. The Bertz CT molecular complexity index is 332. The fraction of sp³-hybridized carbons (Fsp3) is 0.125. The average molecular weight is 266 g/mol. The van der Waals surface area contributed by atoms with Crippen LogP contribution in [0.25, 0.3) is 0 Å². The van der Waals surface area contributed by atoms with Crippen LogP contribution in [0.3, 0.4) is 0 Å². The molecule has 13 heavy (non-hydrogen) atoms. The summed E-state index contributed by atoms with van der Waals surface area (Å²) >= 11 is 8.24. The summed E-state index contributed by atoms with van der Waals surface area (Å²) in [6.07, 6.45) is 0. The number of nitrogens with one attached hydrogen (secondary N) is 1. The molecule has 70 valence electrons. The van der Waals surface area contributed by atoms with E-state index in [-0.39, 0.29) is 9.84 Å². The smallest absolute Gasteiger partial charge is 0.287 e. The number of rotatable bonds is 2. The monoisotopic (exact) mass is 265 g/mol. The van der Waals surface area contributed by atoms with E-state index in [1.807, 2.05) is 0 Å². The summed E-state index contributed by atoms with van der Waals surface area (Å²) in [6.45, 7) is 0.323. The highest BCUT2D eigenvalue weighted by molar-refractivity contribution is 9.18. The minimum absolute atomic E-state index is 0.0568. The third-order valence-electron chi connectivity index (χ3n) is 1.42. The van der Waals surface area contributed by atoms with Gasteiger partial charge in [-0.05, 0) is 17.7 Å². The molecule has 1 amide bonds. The van der Waals surface area contributed by atoms with Crippen LogP contribution in [0, 0.1) is 5.82 Å². The van der Waals surface area contributed by atoms with Crippen molar-refractivity contribution in [3.05, 3.63) is 34.6 Å². The first kappa shape index (κ1) is 10.5. The van der Waals surface area contributed by atoms with Crippen LogP contribution in [0.15, 0.2) is 18.2 Å².